The molecule has 21 heavy (non-hydrogen) atoms. The van der Waals surface area contributed by atoms with E-state index in [0.29, 0.717) is 0 Å². The molecule has 0 aliphatic rings. The number of benzene rings is 1. The van der Waals surface area contributed by atoms with Crippen LogP contribution in [-0.2, 0) is 11.8 Å². The number of halogens is 2. The first-order valence-electron chi connectivity index (χ1n) is 5.85. The predicted octanol–water partition coefficient (Wildman–Crippen LogP) is 1.77. The molecule has 0 fully saturated rings. The molecule has 1 aromatic heterocycles. The van der Waals surface area contributed by atoms with Crippen LogP contribution in [-0.4, -0.2) is 26.8 Å². The highest BCUT2D eigenvalue weighted by Gasteiger charge is 2.25. The number of aryl methyl sites for hydroxylation is 1. The first kappa shape index (κ1) is 15.0. The Labute approximate surface area is 124 Å². The van der Waals surface area contributed by atoms with Gasteiger partial charge in [0.15, 0.2) is 6.04 Å². The summed E-state index contributed by atoms with van der Waals surface area (Å²) in [5.41, 5.74) is 0.00209. The van der Waals surface area contributed by atoms with Gasteiger partial charge in [-0.2, -0.15) is 5.10 Å². The maximum absolute atomic E-state index is 13.6. The Morgan fingerprint density at radius 2 is 2.19 bits per heavy atom. The van der Waals surface area contributed by atoms with Gasteiger partial charge >= 0.3 is 5.97 Å². The van der Waals surface area contributed by atoms with Crippen LogP contribution in [0.3, 0.4) is 0 Å². The van der Waals surface area contributed by atoms with E-state index in [4.69, 9.17) is 11.6 Å². The molecule has 1 amide bonds. The Kier molecular flexibility index (Phi) is 4.23. The zero-order chi connectivity index (χ0) is 15.6. The predicted molar refractivity (Wildman–Crippen MR) is 72.5 cm³/mol. The second-order valence-electron chi connectivity index (χ2n) is 4.32. The van der Waals surface area contributed by atoms with Gasteiger partial charge in [-0.05, 0) is 18.2 Å². The SMILES string of the molecule is Cn1cc(C(NC(=O)c2ccc(Cl)cc2F)C(=O)O)cn1. The van der Waals surface area contributed by atoms with Crippen molar-refractivity contribution in [1.29, 1.82) is 0 Å². The molecule has 0 aliphatic carbocycles. The minimum Gasteiger partial charge on any atom is -0.479 e. The number of hydrogen-bond acceptors (Lipinski definition) is 3. The van der Waals surface area contributed by atoms with Gasteiger partial charge in [0, 0.05) is 23.8 Å². The number of carbonyl (C=O) groups excluding carboxylic acids is 1. The molecule has 1 aromatic carbocycles. The van der Waals surface area contributed by atoms with Crippen LogP contribution in [0.25, 0.3) is 0 Å². The monoisotopic (exact) mass is 311 g/mol. The van der Waals surface area contributed by atoms with Gasteiger partial charge in [0.05, 0.1) is 11.8 Å². The largest absolute Gasteiger partial charge is 0.479 e. The van der Waals surface area contributed by atoms with E-state index in [2.05, 4.69) is 10.4 Å². The van der Waals surface area contributed by atoms with Gasteiger partial charge < -0.3 is 10.4 Å². The van der Waals surface area contributed by atoms with E-state index >= 15 is 0 Å². The number of carbonyl (C=O) groups is 2. The zero-order valence-electron chi connectivity index (χ0n) is 10.9. The summed E-state index contributed by atoms with van der Waals surface area (Å²) < 4.78 is 15.1. The molecule has 1 atom stereocenters. The minimum absolute atomic E-state index is 0.145. The van der Waals surface area contributed by atoms with E-state index in [1.54, 1.807) is 7.05 Å². The molecule has 2 N–H and O–H groups in total. The van der Waals surface area contributed by atoms with Gasteiger partial charge in [0.25, 0.3) is 5.91 Å². The molecule has 1 unspecified atom stereocenters. The third-order valence-corrected chi connectivity index (χ3v) is 2.99. The van der Waals surface area contributed by atoms with Crippen LogP contribution in [0.5, 0.6) is 0 Å². The van der Waals surface area contributed by atoms with E-state index in [1.165, 1.54) is 29.2 Å². The van der Waals surface area contributed by atoms with Crippen molar-refractivity contribution >= 4 is 23.5 Å². The summed E-state index contributed by atoms with van der Waals surface area (Å²) in [4.78, 5) is 23.2. The van der Waals surface area contributed by atoms with Gasteiger partial charge in [-0.25, -0.2) is 9.18 Å². The third kappa shape index (κ3) is 3.38. The normalized spacial score (nSPS) is 12.0. The second kappa shape index (κ2) is 5.92. The third-order valence-electron chi connectivity index (χ3n) is 2.76. The molecule has 2 rings (SSSR count). The first-order valence-corrected chi connectivity index (χ1v) is 6.23. The zero-order valence-corrected chi connectivity index (χ0v) is 11.6. The van der Waals surface area contributed by atoms with Gasteiger partial charge in [0.1, 0.15) is 5.82 Å². The van der Waals surface area contributed by atoms with Crippen molar-refractivity contribution in [2.75, 3.05) is 0 Å². The lowest BCUT2D eigenvalue weighted by molar-refractivity contribution is -0.139. The summed E-state index contributed by atoms with van der Waals surface area (Å²) in [7, 11) is 1.61. The number of nitrogens with zero attached hydrogens (tertiary/aromatic N) is 2. The Hall–Kier alpha value is -2.41. The molecular formula is C13H11ClFN3O3. The fourth-order valence-electron chi connectivity index (χ4n) is 1.76. The smallest absolute Gasteiger partial charge is 0.331 e. The molecule has 1 heterocycles. The Morgan fingerprint density at radius 1 is 1.48 bits per heavy atom. The number of aliphatic carboxylic acids is 1. The van der Waals surface area contributed by atoms with Crippen LogP contribution >= 0.6 is 11.6 Å². The van der Waals surface area contributed by atoms with Gasteiger partial charge in [-0.15, -0.1) is 0 Å². The number of aromatic nitrogens is 2. The molecular weight excluding hydrogens is 301 g/mol. The van der Waals surface area contributed by atoms with Crippen molar-refractivity contribution in [2.45, 2.75) is 6.04 Å². The van der Waals surface area contributed by atoms with Crippen molar-refractivity contribution in [3.8, 4) is 0 Å². The van der Waals surface area contributed by atoms with Gasteiger partial charge in [0.2, 0.25) is 0 Å². The van der Waals surface area contributed by atoms with E-state index in [-0.39, 0.29) is 16.1 Å². The fraction of sp³-hybridized carbons (Fsp3) is 0.154. The highest BCUT2D eigenvalue weighted by molar-refractivity contribution is 6.30. The molecule has 2 aromatic rings. The summed E-state index contributed by atoms with van der Waals surface area (Å²) in [5, 5.41) is 15.4. The maximum Gasteiger partial charge on any atom is 0.331 e. The summed E-state index contributed by atoms with van der Waals surface area (Å²) in [6, 6.07) is 2.20. The number of amides is 1. The van der Waals surface area contributed by atoms with Crippen molar-refractivity contribution in [1.82, 2.24) is 15.1 Å². The van der Waals surface area contributed by atoms with Crippen LogP contribution in [0.2, 0.25) is 5.02 Å². The Bertz CT molecular complexity index is 702. The van der Waals surface area contributed by atoms with Crippen LogP contribution in [0.1, 0.15) is 22.0 Å². The minimum atomic E-state index is -1.32. The molecule has 0 radical (unpaired) electrons. The second-order valence-corrected chi connectivity index (χ2v) is 4.75. The topological polar surface area (TPSA) is 84.2 Å². The van der Waals surface area contributed by atoms with Crippen molar-refractivity contribution in [3.05, 3.63) is 52.6 Å². The van der Waals surface area contributed by atoms with E-state index in [1.807, 2.05) is 0 Å². The number of carboxylic acid groups (broad SMARTS) is 1. The van der Waals surface area contributed by atoms with Crippen molar-refractivity contribution in [3.63, 3.8) is 0 Å². The molecule has 6 nitrogen and oxygen atoms in total. The van der Waals surface area contributed by atoms with Gasteiger partial charge in [-0.1, -0.05) is 11.6 Å². The number of rotatable bonds is 4. The van der Waals surface area contributed by atoms with Crippen molar-refractivity contribution in [2.24, 2.45) is 7.05 Å². The van der Waals surface area contributed by atoms with E-state index in [9.17, 15) is 19.1 Å². The number of hydrogen-bond donors (Lipinski definition) is 2. The first-order chi connectivity index (χ1) is 9.88. The highest BCUT2D eigenvalue weighted by atomic mass is 35.5. The van der Waals surface area contributed by atoms with Crippen LogP contribution < -0.4 is 5.32 Å². The average molecular weight is 312 g/mol. The summed E-state index contributed by atoms with van der Waals surface area (Å²) in [5.74, 6) is -2.94. The highest BCUT2D eigenvalue weighted by Crippen LogP contribution is 2.17. The Morgan fingerprint density at radius 3 is 2.71 bits per heavy atom. The number of carboxylic acids is 1. The average Bonchev–Trinajstić information content (AvgIpc) is 2.81. The molecule has 0 saturated carbocycles. The molecule has 0 spiro atoms. The molecule has 110 valence electrons. The van der Waals surface area contributed by atoms with Crippen LogP contribution in [0, 0.1) is 5.82 Å². The fourth-order valence-corrected chi connectivity index (χ4v) is 1.92. The summed E-state index contributed by atoms with van der Waals surface area (Å²) in [6.07, 6.45) is 2.77. The van der Waals surface area contributed by atoms with E-state index < -0.39 is 23.7 Å². The lowest BCUT2D eigenvalue weighted by Gasteiger charge is -2.13. The lowest BCUT2D eigenvalue weighted by Crippen LogP contribution is -2.34. The molecule has 0 aliphatic heterocycles. The van der Waals surface area contributed by atoms with E-state index in [0.717, 1.165) is 6.07 Å². The summed E-state index contributed by atoms with van der Waals surface area (Å²) >= 11 is 5.60. The maximum atomic E-state index is 13.6. The molecule has 0 bridgehead atoms. The van der Waals surface area contributed by atoms with Crippen LogP contribution in [0.4, 0.5) is 4.39 Å². The Balaban J connectivity index is 2.25. The molecule has 0 saturated heterocycles. The summed E-state index contributed by atoms with van der Waals surface area (Å²) in [6.45, 7) is 0. The standard InChI is InChI=1S/C13H11ClFN3O3/c1-18-6-7(5-16-18)11(13(20)21)17-12(19)9-3-2-8(14)4-10(9)15/h2-6,11H,1H3,(H,17,19)(H,20,21). The van der Waals surface area contributed by atoms with Crippen molar-refractivity contribution < 1.29 is 19.1 Å². The quantitative estimate of drug-likeness (QED) is 0.901. The van der Waals surface area contributed by atoms with Crippen LogP contribution in [0.15, 0.2) is 30.6 Å². The lowest BCUT2D eigenvalue weighted by atomic mass is 10.1. The van der Waals surface area contributed by atoms with Gasteiger partial charge in [-0.3, -0.25) is 9.48 Å². The molecule has 8 heteroatoms. The number of nitrogens with one attached hydrogen (secondary N) is 1.